The van der Waals surface area contributed by atoms with Crippen LogP contribution >= 0.6 is 0 Å². The summed E-state index contributed by atoms with van der Waals surface area (Å²) in [5, 5.41) is 12.1. The average molecular weight is 1060 g/mol. The number of aromatic nitrogens is 5. The van der Waals surface area contributed by atoms with Crippen LogP contribution in [-0.2, 0) is 0 Å². The van der Waals surface area contributed by atoms with Gasteiger partial charge in [-0.2, -0.15) is 0 Å². The van der Waals surface area contributed by atoms with Gasteiger partial charge in [0.15, 0.2) is 0 Å². The molecule has 0 aliphatic rings. The Morgan fingerprint density at radius 2 is 0.361 bits per heavy atom. The van der Waals surface area contributed by atoms with Crippen LogP contribution in [0.4, 0.5) is 0 Å². The van der Waals surface area contributed by atoms with Crippen LogP contribution < -0.4 is 0 Å². The minimum absolute atomic E-state index is 1.06. The maximum absolute atomic E-state index is 2.60. The molecule has 0 amide bonds. The SMILES string of the molecule is c1ccc(-n2c3ccccc3c3ccccc32)c(-c2cc(-n3c4ccccc4c4cccc(-n5c6ccccc6c6ccccc65)c43)c(-c3ccccc3-n3c4ccccc4c4ccccc43)cc2-n2c3ccccc3c3ccccc32)c1. The van der Waals surface area contributed by atoms with E-state index < -0.39 is 0 Å². The molecule has 386 valence electrons. The summed E-state index contributed by atoms with van der Waals surface area (Å²) in [6, 6.07) is 110. The van der Waals surface area contributed by atoms with Crippen LogP contribution in [0.25, 0.3) is 160 Å². The van der Waals surface area contributed by atoms with E-state index in [4.69, 9.17) is 0 Å². The molecule has 0 radical (unpaired) electrons. The van der Waals surface area contributed by atoms with Crippen LogP contribution in [0.15, 0.2) is 297 Å². The lowest BCUT2D eigenvalue weighted by Crippen LogP contribution is -2.07. The quantitative estimate of drug-likeness (QED) is 0.152. The zero-order valence-electron chi connectivity index (χ0n) is 45.0. The second kappa shape index (κ2) is 17.7. The molecule has 0 saturated heterocycles. The predicted molar refractivity (Wildman–Crippen MR) is 349 cm³/mol. The maximum atomic E-state index is 2.60. The molecule has 5 nitrogen and oxygen atoms in total. The van der Waals surface area contributed by atoms with Crippen LogP contribution in [0.3, 0.4) is 0 Å². The monoisotopic (exact) mass is 1060 g/mol. The zero-order valence-corrected chi connectivity index (χ0v) is 45.0. The van der Waals surface area contributed by atoms with E-state index in [1.165, 1.54) is 53.9 Å². The molecule has 0 saturated carbocycles. The summed E-state index contributed by atoms with van der Waals surface area (Å²) in [6.07, 6.45) is 0. The smallest absolute Gasteiger partial charge is 0.0782 e. The highest BCUT2D eigenvalue weighted by Crippen LogP contribution is 2.49. The lowest BCUT2D eigenvalue weighted by molar-refractivity contribution is 1.11. The summed E-state index contributed by atoms with van der Waals surface area (Å²) >= 11 is 0. The van der Waals surface area contributed by atoms with Crippen molar-refractivity contribution in [1.82, 2.24) is 22.8 Å². The van der Waals surface area contributed by atoms with E-state index in [0.29, 0.717) is 0 Å². The van der Waals surface area contributed by atoms with Crippen LogP contribution in [-0.4, -0.2) is 22.8 Å². The van der Waals surface area contributed by atoms with Gasteiger partial charge < -0.3 is 22.8 Å². The molecule has 0 aliphatic heterocycles. The van der Waals surface area contributed by atoms with Crippen LogP contribution in [0.1, 0.15) is 0 Å². The fourth-order valence-electron chi connectivity index (χ4n) is 14.3. The number of rotatable bonds is 7. The van der Waals surface area contributed by atoms with Gasteiger partial charge in [-0.3, -0.25) is 0 Å². The molecule has 0 N–H and O–H groups in total. The molecule has 0 bridgehead atoms. The molecule has 0 spiro atoms. The minimum Gasteiger partial charge on any atom is -0.309 e. The summed E-state index contributed by atoms with van der Waals surface area (Å²) in [5.74, 6) is 0. The number of hydrogen-bond acceptors (Lipinski definition) is 0. The van der Waals surface area contributed by atoms with E-state index in [1.807, 2.05) is 0 Å². The first kappa shape index (κ1) is 45.7. The average Bonchev–Trinajstić information content (AvgIpc) is 4.42. The van der Waals surface area contributed by atoms with Crippen molar-refractivity contribution in [3.63, 3.8) is 0 Å². The highest BCUT2D eigenvalue weighted by atomic mass is 15.1. The Balaban J connectivity index is 1.06. The van der Waals surface area contributed by atoms with E-state index in [-0.39, 0.29) is 0 Å². The van der Waals surface area contributed by atoms with Crippen molar-refractivity contribution in [2.45, 2.75) is 0 Å². The highest BCUT2D eigenvalue weighted by Gasteiger charge is 2.28. The summed E-state index contributed by atoms with van der Waals surface area (Å²) in [6.45, 7) is 0. The van der Waals surface area contributed by atoms with E-state index in [1.54, 1.807) is 0 Å². The number of para-hydroxylation sites is 12. The molecule has 0 unspecified atom stereocenters. The van der Waals surface area contributed by atoms with Crippen molar-refractivity contribution in [2.75, 3.05) is 0 Å². The molecule has 0 atom stereocenters. The van der Waals surface area contributed by atoms with Gasteiger partial charge in [-0.1, -0.05) is 212 Å². The Morgan fingerprint density at radius 1 is 0.145 bits per heavy atom. The number of fused-ring (bicyclic) bond motifs is 15. The van der Waals surface area contributed by atoms with Crippen LogP contribution in [0.2, 0.25) is 0 Å². The molecule has 18 aromatic rings. The van der Waals surface area contributed by atoms with Crippen LogP contribution in [0, 0.1) is 0 Å². The molecule has 5 heterocycles. The molecular formula is C78H49N5. The molecule has 5 heteroatoms. The van der Waals surface area contributed by atoms with Crippen molar-refractivity contribution in [2.24, 2.45) is 0 Å². The highest BCUT2D eigenvalue weighted by molar-refractivity contribution is 6.17. The van der Waals surface area contributed by atoms with Crippen molar-refractivity contribution in [1.29, 1.82) is 0 Å². The van der Waals surface area contributed by atoms with E-state index in [0.717, 1.165) is 106 Å². The molecule has 5 aromatic heterocycles. The van der Waals surface area contributed by atoms with Crippen molar-refractivity contribution in [3.8, 4) is 50.7 Å². The first-order chi connectivity index (χ1) is 41.3. The van der Waals surface area contributed by atoms with Crippen molar-refractivity contribution < 1.29 is 0 Å². The van der Waals surface area contributed by atoms with E-state index in [2.05, 4.69) is 320 Å². The van der Waals surface area contributed by atoms with E-state index in [9.17, 15) is 0 Å². The van der Waals surface area contributed by atoms with Gasteiger partial charge in [-0.15, -0.1) is 0 Å². The maximum Gasteiger partial charge on any atom is 0.0782 e. The second-order valence-electron chi connectivity index (χ2n) is 21.9. The summed E-state index contributed by atoms with van der Waals surface area (Å²) in [4.78, 5) is 0. The molecule has 0 aliphatic carbocycles. The Labute approximate surface area is 477 Å². The van der Waals surface area contributed by atoms with Gasteiger partial charge in [0.05, 0.1) is 83.6 Å². The van der Waals surface area contributed by atoms with Crippen molar-refractivity contribution in [3.05, 3.63) is 297 Å². The Morgan fingerprint density at radius 3 is 0.699 bits per heavy atom. The molecule has 18 rings (SSSR count). The predicted octanol–water partition coefficient (Wildman–Crippen LogP) is 20.5. The molecule has 0 fully saturated rings. The standard InChI is InChI=1S/C78H49N5/c1-12-36-64-50(24-1)51-25-2-13-37-65(51)79(64)72-44-20-10-33-59(72)62-49-77(83-74-46-22-9-32-58(74)61-35-23-47-75(78(61)83)81-68-40-16-5-28-54(68)55-29-6-17-41-69(55)81)63(48-76(62)82-70-42-18-7-30-56(70)57-31-8-19-43-71(57)82)60-34-11-21-45-73(60)80-66-38-14-3-26-52(66)53-27-4-15-39-67(53)80/h1-49H. The Kier molecular flexibility index (Phi) is 9.73. The van der Waals surface area contributed by atoms with Gasteiger partial charge in [-0.05, 0) is 84.9 Å². The third-order valence-corrected chi connectivity index (χ3v) is 17.7. The lowest BCUT2D eigenvalue weighted by Gasteiger charge is -2.24. The molecule has 13 aromatic carbocycles. The Hall–Kier alpha value is -11.1. The summed E-state index contributed by atoms with van der Waals surface area (Å²) in [7, 11) is 0. The van der Waals surface area contributed by atoms with Gasteiger partial charge >= 0.3 is 0 Å². The zero-order chi connectivity index (χ0) is 54.3. The number of hydrogen-bond donors (Lipinski definition) is 0. The summed E-state index contributed by atoms with van der Waals surface area (Å²) < 4.78 is 12.6. The fourth-order valence-corrected chi connectivity index (χ4v) is 14.3. The van der Waals surface area contributed by atoms with Gasteiger partial charge in [0, 0.05) is 76.1 Å². The second-order valence-corrected chi connectivity index (χ2v) is 21.9. The third-order valence-electron chi connectivity index (χ3n) is 17.7. The number of nitrogens with zero attached hydrogens (tertiary/aromatic N) is 5. The topological polar surface area (TPSA) is 24.6 Å². The van der Waals surface area contributed by atoms with E-state index >= 15 is 0 Å². The fraction of sp³-hybridized carbons (Fsp3) is 0. The van der Waals surface area contributed by atoms with Crippen LogP contribution in [0.5, 0.6) is 0 Å². The first-order valence-electron chi connectivity index (χ1n) is 28.6. The third kappa shape index (κ3) is 6.47. The largest absolute Gasteiger partial charge is 0.309 e. The Bertz CT molecular complexity index is 5500. The summed E-state index contributed by atoms with van der Waals surface area (Å²) in [5.41, 5.74) is 21.4. The van der Waals surface area contributed by atoms with Gasteiger partial charge in [0.25, 0.3) is 0 Å². The lowest BCUT2D eigenvalue weighted by atomic mass is 9.93. The molecule has 83 heavy (non-hydrogen) atoms. The van der Waals surface area contributed by atoms with Gasteiger partial charge in [-0.25, -0.2) is 0 Å². The normalized spacial score (nSPS) is 12.1. The van der Waals surface area contributed by atoms with Crippen molar-refractivity contribution >= 4 is 109 Å². The van der Waals surface area contributed by atoms with Gasteiger partial charge in [0.2, 0.25) is 0 Å². The molecular weight excluding hydrogens is 1010 g/mol. The van der Waals surface area contributed by atoms with Gasteiger partial charge in [0.1, 0.15) is 0 Å². The first-order valence-corrected chi connectivity index (χ1v) is 28.6. The number of benzene rings is 13. The minimum atomic E-state index is 1.06.